The number of hydrogen-bond acceptors (Lipinski definition) is 4. The van der Waals surface area contributed by atoms with Crippen LogP contribution in [-0.4, -0.2) is 80.1 Å². The van der Waals surface area contributed by atoms with E-state index < -0.39 is 0 Å². The number of benzene rings is 2. The number of fused-ring (bicyclic) bond motifs is 1. The van der Waals surface area contributed by atoms with Crippen LogP contribution in [0.2, 0.25) is 0 Å². The number of methoxy groups -OCH3 is 1. The predicted octanol–water partition coefficient (Wildman–Crippen LogP) is 2.70. The summed E-state index contributed by atoms with van der Waals surface area (Å²) in [6.45, 7) is 8.33. The Kier molecular flexibility index (Phi) is 5.60. The molecule has 0 N–H and O–H groups in total. The lowest BCUT2D eigenvalue weighted by atomic mass is 10.0. The largest absolute Gasteiger partial charge is 0.496 e. The van der Waals surface area contributed by atoms with Gasteiger partial charge in [0.15, 0.2) is 0 Å². The predicted molar refractivity (Wildman–Crippen MR) is 109 cm³/mol. The van der Waals surface area contributed by atoms with E-state index in [0.29, 0.717) is 0 Å². The summed E-state index contributed by atoms with van der Waals surface area (Å²) in [5.41, 5.74) is 0.775. The Hall–Kier alpha value is -2.11. The maximum absolute atomic E-state index is 13.1. The van der Waals surface area contributed by atoms with Gasteiger partial charge in [0.2, 0.25) is 0 Å². The Balaban J connectivity index is 1.40. The average Bonchev–Trinajstić information content (AvgIpc) is 3.25. The van der Waals surface area contributed by atoms with Crippen molar-refractivity contribution in [2.75, 3.05) is 59.5 Å². The van der Waals surface area contributed by atoms with Gasteiger partial charge in [-0.2, -0.15) is 0 Å². The third kappa shape index (κ3) is 3.94. The van der Waals surface area contributed by atoms with Crippen molar-refractivity contribution in [1.82, 2.24) is 14.7 Å². The van der Waals surface area contributed by atoms with E-state index in [-0.39, 0.29) is 5.91 Å². The zero-order chi connectivity index (χ0) is 18.6. The molecular formula is C22H29N3O2. The molecule has 5 nitrogen and oxygen atoms in total. The summed E-state index contributed by atoms with van der Waals surface area (Å²) < 4.78 is 5.46. The van der Waals surface area contributed by atoms with Crippen LogP contribution in [0.3, 0.4) is 0 Å². The molecule has 4 rings (SSSR count). The minimum Gasteiger partial charge on any atom is -0.496 e. The van der Waals surface area contributed by atoms with Gasteiger partial charge < -0.3 is 14.5 Å². The van der Waals surface area contributed by atoms with E-state index in [9.17, 15) is 4.79 Å². The van der Waals surface area contributed by atoms with E-state index in [1.54, 1.807) is 7.11 Å². The van der Waals surface area contributed by atoms with Crippen LogP contribution < -0.4 is 4.74 Å². The van der Waals surface area contributed by atoms with Crippen LogP contribution in [0.15, 0.2) is 36.4 Å². The first-order chi connectivity index (χ1) is 13.3. The Morgan fingerprint density at radius 3 is 2.15 bits per heavy atom. The van der Waals surface area contributed by atoms with Crippen LogP contribution in [0, 0.1) is 0 Å². The monoisotopic (exact) mass is 367 g/mol. The van der Waals surface area contributed by atoms with E-state index in [2.05, 4.69) is 9.80 Å². The second-order valence-electron chi connectivity index (χ2n) is 7.54. The summed E-state index contributed by atoms with van der Waals surface area (Å²) in [4.78, 5) is 20.2. The molecule has 0 unspecified atom stereocenters. The number of piperazine rings is 1. The van der Waals surface area contributed by atoms with Crippen molar-refractivity contribution in [3.63, 3.8) is 0 Å². The van der Waals surface area contributed by atoms with Gasteiger partial charge >= 0.3 is 0 Å². The summed E-state index contributed by atoms with van der Waals surface area (Å²) in [6, 6.07) is 11.8. The summed E-state index contributed by atoms with van der Waals surface area (Å²) in [7, 11) is 1.67. The van der Waals surface area contributed by atoms with Gasteiger partial charge in [-0.05, 0) is 43.5 Å². The SMILES string of the molecule is COc1ccc(C(=O)N2CCN(CCN3CCCC3)CC2)c2ccccc12. The quantitative estimate of drug-likeness (QED) is 0.814. The van der Waals surface area contributed by atoms with Crippen LogP contribution in [0.5, 0.6) is 5.75 Å². The Bertz CT molecular complexity index is 793. The Morgan fingerprint density at radius 2 is 1.48 bits per heavy atom. The number of rotatable bonds is 5. The van der Waals surface area contributed by atoms with Crippen molar-refractivity contribution in [3.8, 4) is 5.75 Å². The van der Waals surface area contributed by atoms with Gasteiger partial charge in [-0.25, -0.2) is 0 Å². The molecule has 2 saturated heterocycles. The molecule has 27 heavy (non-hydrogen) atoms. The maximum Gasteiger partial charge on any atom is 0.254 e. The number of carbonyl (C=O) groups excluding carboxylic acids is 1. The first-order valence-corrected chi connectivity index (χ1v) is 10.1. The summed E-state index contributed by atoms with van der Waals surface area (Å²) in [5.74, 6) is 0.946. The molecule has 2 aromatic carbocycles. The Labute approximate surface area is 161 Å². The lowest BCUT2D eigenvalue weighted by Gasteiger charge is -2.35. The fourth-order valence-electron chi connectivity index (χ4n) is 4.27. The second kappa shape index (κ2) is 8.28. The van der Waals surface area contributed by atoms with Crippen LogP contribution >= 0.6 is 0 Å². The summed E-state index contributed by atoms with van der Waals surface area (Å²) in [6.07, 6.45) is 2.69. The topological polar surface area (TPSA) is 36.0 Å². The molecule has 0 aromatic heterocycles. The molecular weight excluding hydrogens is 338 g/mol. The van der Waals surface area contributed by atoms with Crippen molar-refractivity contribution in [2.24, 2.45) is 0 Å². The summed E-state index contributed by atoms with van der Waals surface area (Å²) in [5, 5.41) is 1.97. The van der Waals surface area contributed by atoms with Crippen LogP contribution in [0.25, 0.3) is 10.8 Å². The molecule has 5 heteroatoms. The fraction of sp³-hybridized carbons (Fsp3) is 0.500. The number of carbonyl (C=O) groups is 1. The molecule has 0 saturated carbocycles. The van der Waals surface area contributed by atoms with Gasteiger partial charge in [-0.15, -0.1) is 0 Å². The highest BCUT2D eigenvalue weighted by atomic mass is 16.5. The first-order valence-electron chi connectivity index (χ1n) is 10.1. The standard InChI is InChI=1S/C22H29N3O2/c1-27-21-9-8-20(18-6-2-3-7-19(18)21)22(26)25-16-14-24(15-17-25)13-12-23-10-4-5-11-23/h2-3,6-9H,4-5,10-17H2,1H3. The third-order valence-corrected chi connectivity index (χ3v) is 5.93. The molecule has 1 amide bonds. The molecule has 144 valence electrons. The lowest BCUT2D eigenvalue weighted by molar-refractivity contribution is 0.0628. The first kappa shape index (κ1) is 18.3. The fourth-order valence-corrected chi connectivity index (χ4v) is 4.27. The van der Waals surface area contributed by atoms with Crippen molar-refractivity contribution in [3.05, 3.63) is 42.0 Å². The van der Waals surface area contributed by atoms with E-state index in [1.807, 2.05) is 41.3 Å². The van der Waals surface area contributed by atoms with E-state index in [4.69, 9.17) is 4.74 Å². The Morgan fingerprint density at radius 1 is 0.852 bits per heavy atom. The average molecular weight is 367 g/mol. The van der Waals surface area contributed by atoms with E-state index in [1.165, 1.54) is 25.9 Å². The van der Waals surface area contributed by atoms with E-state index >= 15 is 0 Å². The molecule has 0 spiro atoms. The molecule has 0 atom stereocenters. The van der Waals surface area contributed by atoms with Crippen molar-refractivity contribution < 1.29 is 9.53 Å². The lowest BCUT2D eigenvalue weighted by Crippen LogP contribution is -2.50. The van der Waals surface area contributed by atoms with Gasteiger partial charge in [-0.3, -0.25) is 9.69 Å². The highest BCUT2D eigenvalue weighted by Crippen LogP contribution is 2.29. The minimum absolute atomic E-state index is 0.132. The summed E-state index contributed by atoms with van der Waals surface area (Å²) >= 11 is 0. The van der Waals surface area contributed by atoms with Gasteiger partial charge in [-0.1, -0.05) is 24.3 Å². The number of hydrogen-bond donors (Lipinski definition) is 0. The molecule has 2 heterocycles. The number of ether oxygens (including phenoxy) is 1. The van der Waals surface area contributed by atoms with Crippen molar-refractivity contribution in [1.29, 1.82) is 0 Å². The molecule has 0 bridgehead atoms. The molecule has 2 aromatic rings. The normalized spacial score (nSPS) is 18.9. The van der Waals surface area contributed by atoms with E-state index in [0.717, 1.165) is 61.4 Å². The van der Waals surface area contributed by atoms with Gasteiger partial charge in [0.1, 0.15) is 5.75 Å². The van der Waals surface area contributed by atoms with Gasteiger partial charge in [0, 0.05) is 50.2 Å². The number of amides is 1. The van der Waals surface area contributed by atoms with Crippen LogP contribution in [-0.2, 0) is 0 Å². The number of likely N-dealkylation sites (tertiary alicyclic amines) is 1. The second-order valence-corrected chi connectivity index (χ2v) is 7.54. The van der Waals surface area contributed by atoms with Crippen LogP contribution in [0.4, 0.5) is 0 Å². The maximum atomic E-state index is 13.1. The zero-order valence-corrected chi connectivity index (χ0v) is 16.2. The van der Waals surface area contributed by atoms with Gasteiger partial charge in [0.05, 0.1) is 7.11 Å². The van der Waals surface area contributed by atoms with Crippen molar-refractivity contribution >= 4 is 16.7 Å². The molecule has 0 aliphatic carbocycles. The van der Waals surface area contributed by atoms with Crippen molar-refractivity contribution in [2.45, 2.75) is 12.8 Å². The molecule has 2 aliphatic rings. The molecule has 0 radical (unpaired) electrons. The molecule has 2 fully saturated rings. The minimum atomic E-state index is 0.132. The highest BCUT2D eigenvalue weighted by Gasteiger charge is 2.24. The highest BCUT2D eigenvalue weighted by molar-refractivity contribution is 6.08. The molecule has 2 aliphatic heterocycles. The number of nitrogens with zero attached hydrogens (tertiary/aromatic N) is 3. The van der Waals surface area contributed by atoms with Gasteiger partial charge in [0.25, 0.3) is 5.91 Å². The smallest absolute Gasteiger partial charge is 0.254 e. The zero-order valence-electron chi connectivity index (χ0n) is 16.2. The van der Waals surface area contributed by atoms with Crippen LogP contribution in [0.1, 0.15) is 23.2 Å². The third-order valence-electron chi connectivity index (χ3n) is 5.93.